The topological polar surface area (TPSA) is 75.3 Å². The van der Waals surface area contributed by atoms with E-state index in [2.05, 4.69) is 20.5 Å². The maximum absolute atomic E-state index is 9.69. The van der Waals surface area contributed by atoms with Crippen LogP contribution in [0.25, 0.3) is 5.65 Å². The third-order valence-corrected chi connectivity index (χ3v) is 3.71. The summed E-state index contributed by atoms with van der Waals surface area (Å²) in [7, 11) is 0. The first kappa shape index (κ1) is 11.4. The fourth-order valence-corrected chi connectivity index (χ4v) is 2.65. The van der Waals surface area contributed by atoms with Crippen molar-refractivity contribution < 1.29 is 5.11 Å². The quantitative estimate of drug-likeness (QED) is 0.853. The predicted molar refractivity (Wildman–Crippen MR) is 67.3 cm³/mol. The van der Waals surface area contributed by atoms with E-state index in [1.165, 1.54) is 6.42 Å². The van der Waals surface area contributed by atoms with Crippen molar-refractivity contribution in [2.75, 3.05) is 11.9 Å². The second kappa shape index (κ2) is 4.53. The van der Waals surface area contributed by atoms with E-state index in [1.807, 2.05) is 10.6 Å². The lowest BCUT2D eigenvalue weighted by molar-refractivity contribution is 0.172. The molecule has 6 heteroatoms. The number of aliphatic hydroxyl groups is 1. The van der Waals surface area contributed by atoms with Crippen LogP contribution in [0.15, 0.2) is 18.7 Å². The average Bonchev–Trinajstić information content (AvgIpc) is 2.89. The zero-order valence-electron chi connectivity index (χ0n) is 10.2. The van der Waals surface area contributed by atoms with Gasteiger partial charge in [-0.25, -0.2) is 4.98 Å². The molecule has 1 aliphatic rings. The molecule has 0 spiro atoms. The van der Waals surface area contributed by atoms with Gasteiger partial charge in [-0.15, -0.1) is 10.2 Å². The summed E-state index contributed by atoms with van der Waals surface area (Å²) in [6, 6.07) is 0. The number of hydrogen-bond acceptors (Lipinski definition) is 5. The van der Waals surface area contributed by atoms with Gasteiger partial charge >= 0.3 is 0 Å². The summed E-state index contributed by atoms with van der Waals surface area (Å²) in [5, 5.41) is 21.0. The summed E-state index contributed by atoms with van der Waals surface area (Å²) in [5.74, 6) is 0.700. The molecule has 0 aromatic carbocycles. The highest BCUT2D eigenvalue weighted by atomic mass is 16.3. The molecular weight excluding hydrogens is 230 g/mol. The average molecular weight is 247 g/mol. The molecule has 6 nitrogen and oxygen atoms in total. The predicted octanol–water partition coefficient (Wildman–Crippen LogP) is 1.23. The third kappa shape index (κ3) is 1.92. The molecule has 2 aromatic rings. The summed E-state index contributed by atoms with van der Waals surface area (Å²) in [4.78, 5) is 4.32. The number of aromatic nitrogens is 4. The van der Waals surface area contributed by atoms with Crippen molar-refractivity contribution in [3.8, 4) is 0 Å². The molecule has 1 aliphatic carbocycles. The first-order valence-corrected chi connectivity index (χ1v) is 6.36. The molecule has 0 bridgehead atoms. The van der Waals surface area contributed by atoms with Crippen LogP contribution in [-0.2, 0) is 0 Å². The largest absolute Gasteiger partial charge is 0.394 e. The molecule has 96 valence electrons. The molecule has 18 heavy (non-hydrogen) atoms. The summed E-state index contributed by atoms with van der Waals surface area (Å²) >= 11 is 0. The van der Waals surface area contributed by atoms with Crippen molar-refractivity contribution in [1.29, 1.82) is 0 Å². The number of nitrogens with zero attached hydrogens (tertiary/aromatic N) is 4. The number of aliphatic hydroxyl groups excluding tert-OH is 1. The van der Waals surface area contributed by atoms with Crippen LogP contribution in [-0.4, -0.2) is 36.8 Å². The first-order valence-electron chi connectivity index (χ1n) is 6.36. The molecule has 0 atom stereocenters. The Morgan fingerprint density at radius 1 is 1.33 bits per heavy atom. The number of nitrogens with one attached hydrogen (secondary N) is 1. The molecule has 0 amide bonds. The van der Waals surface area contributed by atoms with Gasteiger partial charge in [-0.3, -0.25) is 4.40 Å². The van der Waals surface area contributed by atoms with Gasteiger partial charge in [0.25, 0.3) is 0 Å². The van der Waals surface area contributed by atoms with E-state index >= 15 is 0 Å². The molecular formula is C12H17N5O. The fraction of sp³-hybridized carbons (Fsp3) is 0.583. The molecule has 1 saturated carbocycles. The Bertz CT molecular complexity index is 532. The van der Waals surface area contributed by atoms with E-state index in [0.29, 0.717) is 11.5 Å². The van der Waals surface area contributed by atoms with Crippen molar-refractivity contribution in [3.05, 3.63) is 18.7 Å². The minimum absolute atomic E-state index is 0.129. The molecule has 2 N–H and O–H groups in total. The SMILES string of the molecule is OCC1(Nc2nccn3cnnc23)CCCCC1. The molecule has 3 rings (SSSR count). The van der Waals surface area contributed by atoms with E-state index in [4.69, 9.17) is 0 Å². The zero-order chi connectivity index (χ0) is 12.4. The van der Waals surface area contributed by atoms with Crippen molar-refractivity contribution in [2.45, 2.75) is 37.6 Å². The van der Waals surface area contributed by atoms with Gasteiger partial charge in [-0.1, -0.05) is 19.3 Å². The molecule has 0 aliphatic heterocycles. The van der Waals surface area contributed by atoms with E-state index in [-0.39, 0.29) is 12.1 Å². The molecule has 2 heterocycles. The Kier molecular flexibility index (Phi) is 2.87. The first-order chi connectivity index (χ1) is 8.83. The Hall–Kier alpha value is -1.69. The smallest absolute Gasteiger partial charge is 0.203 e. The second-order valence-corrected chi connectivity index (χ2v) is 4.96. The van der Waals surface area contributed by atoms with Crippen LogP contribution in [0, 0.1) is 0 Å². The van der Waals surface area contributed by atoms with E-state index < -0.39 is 0 Å². The van der Waals surface area contributed by atoms with E-state index in [1.54, 1.807) is 12.5 Å². The summed E-state index contributed by atoms with van der Waals surface area (Å²) < 4.78 is 1.82. The molecule has 1 fully saturated rings. The van der Waals surface area contributed by atoms with Gasteiger partial charge in [0, 0.05) is 12.4 Å². The molecule has 0 saturated heterocycles. The number of hydrogen-bond donors (Lipinski definition) is 2. The normalized spacial score (nSPS) is 18.9. The van der Waals surface area contributed by atoms with Crippen LogP contribution in [0.3, 0.4) is 0 Å². The second-order valence-electron chi connectivity index (χ2n) is 4.96. The highest BCUT2D eigenvalue weighted by Gasteiger charge is 2.32. The zero-order valence-corrected chi connectivity index (χ0v) is 10.2. The van der Waals surface area contributed by atoms with E-state index in [9.17, 15) is 5.11 Å². The van der Waals surface area contributed by atoms with Crippen LogP contribution in [0.5, 0.6) is 0 Å². The summed E-state index contributed by atoms with van der Waals surface area (Å²) in [6.07, 6.45) is 10.6. The van der Waals surface area contributed by atoms with Gasteiger partial charge in [0.2, 0.25) is 5.65 Å². The Labute approximate surface area is 105 Å². The lowest BCUT2D eigenvalue weighted by atomic mass is 9.82. The maximum atomic E-state index is 9.69. The lowest BCUT2D eigenvalue weighted by Gasteiger charge is -2.36. The number of fused-ring (bicyclic) bond motifs is 1. The summed E-state index contributed by atoms with van der Waals surface area (Å²) in [6.45, 7) is 0.129. The van der Waals surface area contributed by atoms with Crippen LogP contribution in [0.1, 0.15) is 32.1 Å². The van der Waals surface area contributed by atoms with Gasteiger partial charge in [0.05, 0.1) is 12.1 Å². The van der Waals surface area contributed by atoms with Crippen molar-refractivity contribution in [3.63, 3.8) is 0 Å². The fourth-order valence-electron chi connectivity index (χ4n) is 2.65. The summed E-state index contributed by atoms with van der Waals surface area (Å²) in [5.41, 5.74) is 0.454. The minimum atomic E-state index is -0.251. The molecule has 0 unspecified atom stereocenters. The van der Waals surface area contributed by atoms with Crippen molar-refractivity contribution >= 4 is 11.5 Å². The standard InChI is InChI=1S/C12H17N5O/c18-8-12(4-2-1-3-5-12)15-10-11-16-14-9-17(11)7-6-13-10/h6-7,9,18H,1-5,8H2,(H,13,15). The Morgan fingerprint density at radius 3 is 2.94 bits per heavy atom. The third-order valence-electron chi connectivity index (χ3n) is 3.71. The van der Waals surface area contributed by atoms with E-state index in [0.717, 1.165) is 25.7 Å². The Balaban J connectivity index is 1.92. The molecule has 2 aromatic heterocycles. The number of anilines is 1. The monoisotopic (exact) mass is 247 g/mol. The maximum Gasteiger partial charge on any atom is 0.203 e. The molecule has 0 radical (unpaired) electrons. The van der Waals surface area contributed by atoms with Crippen molar-refractivity contribution in [1.82, 2.24) is 19.6 Å². The minimum Gasteiger partial charge on any atom is -0.394 e. The van der Waals surface area contributed by atoms with Gasteiger partial charge in [-0.2, -0.15) is 0 Å². The van der Waals surface area contributed by atoms with Crippen LogP contribution in [0.4, 0.5) is 5.82 Å². The van der Waals surface area contributed by atoms with Gasteiger partial charge in [-0.05, 0) is 12.8 Å². The van der Waals surface area contributed by atoms with Gasteiger partial charge in [0.1, 0.15) is 6.33 Å². The van der Waals surface area contributed by atoms with Crippen LogP contribution in [0.2, 0.25) is 0 Å². The lowest BCUT2D eigenvalue weighted by Crippen LogP contribution is -2.44. The Morgan fingerprint density at radius 2 is 2.17 bits per heavy atom. The van der Waals surface area contributed by atoms with Gasteiger partial charge in [0.15, 0.2) is 5.82 Å². The number of rotatable bonds is 3. The van der Waals surface area contributed by atoms with Gasteiger partial charge < -0.3 is 10.4 Å². The van der Waals surface area contributed by atoms with Crippen LogP contribution < -0.4 is 5.32 Å². The highest BCUT2D eigenvalue weighted by Crippen LogP contribution is 2.31. The van der Waals surface area contributed by atoms with Crippen LogP contribution >= 0.6 is 0 Å². The highest BCUT2D eigenvalue weighted by molar-refractivity contribution is 5.62. The van der Waals surface area contributed by atoms with Crippen molar-refractivity contribution in [2.24, 2.45) is 0 Å².